The van der Waals surface area contributed by atoms with Crippen LogP contribution in [0.5, 0.6) is 0 Å². The van der Waals surface area contributed by atoms with Crippen molar-refractivity contribution in [1.82, 2.24) is 0 Å². The summed E-state index contributed by atoms with van der Waals surface area (Å²) in [6.45, 7) is 3.83. The molecule has 0 saturated carbocycles. The van der Waals surface area contributed by atoms with Gasteiger partial charge in [-0.25, -0.2) is 0 Å². The lowest BCUT2D eigenvalue weighted by Gasteiger charge is -2.14. The number of benzene rings is 1. The molecule has 5 heteroatoms. The molecule has 0 radical (unpaired) electrons. The van der Waals surface area contributed by atoms with E-state index < -0.39 is 0 Å². The van der Waals surface area contributed by atoms with Crippen molar-refractivity contribution in [1.29, 1.82) is 0 Å². The fourth-order valence-corrected chi connectivity index (χ4v) is 1.76. The van der Waals surface area contributed by atoms with E-state index in [0.717, 1.165) is 11.1 Å². The third kappa shape index (κ3) is 2.51. The number of hydrogen-bond acceptors (Lipinski definition) is 4. The minimum Gasteiger partial charge on any atom is -0.472 e. The topological polar surface area (TPSA) is 68.3 Å². The Kier molecular flexibility index (Phi) is 3.32. The molecule has 94 valence electrons. The number of nitrogens with one attached hydrogen (secondary N) is 1. The highest BCUT2D eigenvalue weighted by Gasteiger charge is 2.16. The van der Waals surface area contributed by atoms with E-state index in [1.54, 1.807) is 24.7 Å². The minimum atomic E-state index is -0.385. The van der Waals surface area contributed by atoms with Crippen molar-refractivity contribution in [3.63, 3.8) is 0 Å². The average Bonchev–Trinajstić information content (AvgIpc) is 2.81. The van der Waals surface area contributed by atoms with Crippen LogP contribution in [0, 0.1) is 17.0 Å². The predicted octanol–water partition coefficient (Wildman–Crippen LogP) is 3.67. The molecule has 1 aromatic carbocycles. The molecule has 5 nitrogen and oxygen atoms in total. The van der Waals surface area contributed by atoms with Crippen molar-refractivity contribution >= 4 is 11.4 Å². The lowest BCUT2D eigenvalue weighted by molar-refractivity contribution is -0.384. The molecule has 0 bridgehead atoms. The Morgan fingerprint density at radius 3 is 2.78 bits per heavy atom. The number of nitro benzene ring substituents is 1. The first-order valence-electron chi connectivity index (χ1n) is 5.61. The third-order valence-corrected chi connectivity index (χ3v) is 2.76. The molecule has 1 unspecified atom stereocenters. The van der Waals surface area contributed by atoms with Gasteiger partial charge in [0.2, 0.25) is 0 Å². The highest BCUT2D eigenvalue weighted by Crippen LogP contribution is 2.29. The van der Waals surface area contributed by atoms with Crippen molar-refractivity contribution in [3.05, 3.63) is 58.0 Å². The summed E-state index contributed by atoms with van der Waals surface area (Å²) in [5.41, 5.74) is 2.53. The zero-order chi connectivity index (χ0) is 13.1. The number of nitrogens with zero attached hydrogens (tertiary/aromatic N) is 1. The number of furan rings is 1. The lowest BCUT2D eigenvalue weighted by atomic mass is 10.1. The van der Waals surface area contributed by atoms with Crippen molar-refractivity contribution in [2.75, 3.05) is 5.32 Å². The van der Waals surface area contributed by atoms with Gasteiger partial charge in [-0.15, -0.1) is 0 Å². The van der Waals surface area contributed by atoms with E-state index in [-0.39, 0.29) is 16.7 Å². The van der Waals surface area contributed by atoms with Gasteiger partial charge in [0.25, 0.3) is 5.69 Å². The summed E-state index contributed by atoms with van der Waals surface area (Å²) in [5, 5.41) is 14.1. The van der Waals surface area contributed by atoms with Gasteiger partial charge in [-0.3, -0.25) is 10.1 Å². The van der Waals surface area contributed by atoms with E-state index in [1.165, 1.54) is 6.07 Å². The van der Waals surface area contributed by atoms with E-state index in [2.05, 4.69) is 5.32 Å². The van der Waals surface area contributed by atoms with E-state index >= 15 is 0 Å². The average molecular weight is 246 g/mol. The van der Waals surface area contributed by atoms with Crippen LogP contribution >= 0.6 is 0 Å². The zero-order valence-electron chi connectivity index (χ0n) is 10.2. The number of rotatable bonds is 4. The van der Waals surface area contributed by atoms with Gasteiger partial charge in [0, 0.05) is 11.6 Å². The van der Waals surface area contributed by atoms with Crippen molar-refractivity contribution in [2.24, 2.45) is 0 Å². The lowest BCUT2D eigenvalue weighted by Crippen LogP contribution is -2.07. The summed E-state index contributed by atoms with van der Waals surface area (Å²) in [4.78, 5) is 10.6. The second kappa shape index (κ2) is 4.91. The smallest absolute Gasteiger partial charge is 0.292 e. The van der Waals surface area contributed by atoms with Crippen LogP contribution in [0.3, 0.4) is 0 Å². The molecular formula is C13H14N2O3. The van der Waals surface area contributed by atoms with Gasteiger partial charge in [-0.1, -0.05) is 6.07 Å². The third-order valence-electron chi connectivity index (χ3n) is 2.76. The van der Waals surface area contributed by atoms with E-state index in [9.17, 15) is 10.1 Å². The highest BCUT2D eigenvalue weighted by atomic mass is 16.6. The van der Waals surface area contributed by atoms with Crippen LogP contribution in [0.25, 0.3) is 0 Å². The monoisotopic (exact) mass is 246 g/mol. The van der Waals surface area contributed by atoms with E-state index in [4.69, 9.17) is 4.42 Å². The van der Waals surface area contributed by atoms with Crippen molar-refractivity contribution in [2.45, 2.75) is 19.9 Å². The molecule has 0 fully saturated rings. The second-order valence-corrected chi connectivity index (χ2v) is 4.20. The number of anilines is 1. The first kappa shape index (κ1) is 12.2. The Hall–Kier alpha value is -2.30. The van der Waals surface area contributed by atoms with Crippen molar-refractivity contribution in [3.8, 4) is 0 Å². The summed E-state index contributed by atoms with van der Waals surface area (Å²) < 4.78 is 5.00. The normalized spacial score (nSPS) is 12.1. The second-order valence-electron chi connectivity index (χ2n) is 4.20. The van der Waals surface area contributed by atoms with Crippen LogP contribution in [0.2, 0.25) is 0 Å². The zero-order valence-corrected chi connectivity index (χ0v) is 10.2. The maximum Gasteiger partial charge on any atom is 0.292 e. The van der Waals surface area contributed by atoms with Crippen molar-refractivity contribution < 1.29 is 9.34 Å². The highest BCUT2D eigenvalue weighted by molar-refractivity contribution is 5.63. The van der Waals surface area contributed by atoms with Crippen LogP contribution in [-0.2, 0) is 0 Å². The quantitative estimate of drug-likeness (QED) is 0.660. The van der Waals surface area contributed by atoms with Gasteiger partial charge in [0.05, 0.1) is 23.5 Å². The SMILES string of the molecule is Cc1ccc([N+](=O)[O-])c(NC(C)c2ccoc2)c1. The first-order valence-corrected chi connectivity index (χ1v) is 5.61. The van der Waals surface area contributed by atoms with Gasteiger partial charge in [-0.2, -0.15) is 0 Å². The summed E-state index contributed by atoms with van der Waals surface area (Å²) >= 11 is 0. The predicted molar refractivity (Wildman–Crippen MR) is 68.6 cm³/mol. The largest absolute Gasteiger partial charge is 0.472 e. The Bertz CT molecular complexity index is 549. The number of nitro groups is 1. The molecular weight excluding hydrogens is 232 g/mol. The van der Waals surface area contributed by atoms with E-state index in [1.807, 2.05) is 19.9 Å². The molecule has 0 aliphatic rings. The fraction of sp³-hybridized carbons (Fsp3) is 0.231. The maximum absolute atomic E-state index is 10.9. The summed E-state index contributed by atoms with van der Waals surface area (Å²) in [6, 6.07) is 6.80. The van der Waals surface area contributed by atoms with Gasteiger partial charge in [0.15, 0.2) is 0 Å². The van der Waals surface area contributed by atoms with Crippen LogP contribution in [0.4, 0.5) is 11.4 Å². The summed E-state index contributed by atoms with van der Waals surface area (Å²) in [5.74, 6) is 0. The van der Waals surface area contributed by atoms with Crippen LogP contribution in [-0.4, -0.2) is 4.92 Å². The molecule has 18 heavy (non-hydrogen) atoms. The molecule has 0 saturated heterocycles. The Morgan fingerprint density at radius 2 is 2.17 bits per heavy atom. The molecule has 1 heterocycles. The standard InChI is InChI=1S/C13H14N2O3/c1-9-3-4-13(15(16)17)12(7-9)14-10(2)11-5-6-18-8-11/h3-8,10,14H,1-2H3. The molecule has 0 spiro atoms. The van der Waals surface area contributed by atoms with Gasteiger partial charge in [-0.05, 0) is 31.5 Å². The Morgan fingerprint density at radius 1 is 1.39 bits per heavy atom. The van der Waals surface area contributed by atoms with Crippen LogP contribution < -0.4 is 5.32 Å². The van der Waals surface area contributed by atoms with Crippen LogP contribution in [0.1, 0.15) is 24.1 Å². The molecule has 0 amide bonds. The molecule has 2 rings (SSSR count). The Labute approximate surface area is 105 Å². The van der Waals surface area contributed by atoms with E-state index in [0.29, 0.717) is 5.69 Å². The summed E-state index contributed by atoms with van der Waals surface area (Å²) in [7, 11) is 0. The van der Waals surface area contributed by atoms with Gasteiger partial charge >= 0.3 is 0 Å². The minimum absolute atomic E-state index is 0.0516. The number of hydrogen-bond donors (Lipinski definition) is 1. The molecule has 1 atom stereocenters. The van der Waals surface area contributed by atoms with Gasteiger partial charge in [0.1, 0.15) is 5.69 Å². The van der Waals surface area contributed by atoms with Crippen LogP contribution in [0.15, 0.2) is 41.2 Å². The molecule has 1 N–H and O–H groups in total. The Balaban J connectivity index is 2.28. The summed E-state index contributed by atoms with van der Waals surface area (Å²) in [6.07, 6.45) is 3.21. The molecule has 0 aliphatic carbocycles. The van der Waals surface area contributed by atoms with Gasteiger partial charge < -0.3 is 9.73 Å². The molecule has 2 aromatic rings. The first-order chi connectivity index (χ1) is 8.58. The maximum atomic E-state index is 10.9. The molecule has 0 aliphatic heterocycles. The molecule has 1 aromatic heterocycles. The number of aryl methyl sites for hydroxylation is 1. The fourth-order valence-electron chi connectivity index (χ4n) is 1.76.